The van der Waals surface area contributed by atoms with Gasteiger partial charge in [-0.05, 0) is 63.3 Å². The summed E-state index contributed by atoms with van der Waals surface area (Å²) < 4.78 is 27.1. The number of hydrogen-bond acceptors (Lipinski definition) is 3. The Hall–Kier alpha value is -0.130. The number of rotatable bonds is 8. The first-order valence-electron chi connectivity index (χ1n) is 8.18. The molecule has 0 aromatic heterocycles. The summed E-state index contributed by atoms with van der Waals surface area (Å²) in [7, 11) is -3.09. The average Bonchev–Trinajstić information content (AvgIpc) is 3.10. The van der Waals surface area contributed by atoms with Gasteiger partial charge >= 0.3 is 0 Å². The van der Waals surface area contributed by atoms with Crippen LogP contribution >= 0.6 is 0 Å². The SMILES string of the molecule is CC1CC(C)CC(NS(=O)(=O)CCCCNC2CC2)C1. The van der Waals surface area contributed by atoms with Gasteiger partial charge in [0.1, 0.15) is 0 Å². The molecule has 2 N–H and O–H groups in total. The second kappa shape index (κ2) is 7.23. The zero-order chi connectivity index (χ0) is 14.6. The molecule has 0 spiro atoms. The lowest BCUT2D eigenvalue weighted by Crippen LogP contribution is -2.41. The van der Waals surface area contributed by atoms with Crippen LogP contribution in [-0.4, -0.2) is 32.8 Å². The monoisotopic (exact) mass is 302 g/mol. The third-order valence-electron chi connectivity index (χ3n) is 4.37. The molecule has 5 heteroatoms. The number of unbranched alkanes of at least 4 members (excludes halogenated alkanes) is 1. The predicted octanol–water partition coefficient (Wildman–Crippen LogP) is 2.26. The molecule has 0 saturated heterocycles. The van der Waals surface area contributed by atoms with E-state index in [2.05, 4.69) is 23.9 Å². The summed E-state index contributed by atoms with van der Waals surface area (Å²) in [5, 5.41) is 3.42. The number of nitrogens with one attached hydrogen (secondary N) is 2. The molecule has 2 unspecified atom stereocenters. The van der Waals surface area contributed by atoms with Crippen molar-refractivity contribution in [1.29, 1.82) is 0 Å². The van der Waals surface area contributed by atoms with Gasteiger partial charge in [-0.2, -0.15) is 0 Å². The molecular formula is C15H30N2O2S. The summed E-state index contributed by atoms with van der Waals surface area (Å²) in [5.74, 6) is 1.54. The normalized spacial score (nSPS) is 31.4. The maximum atomic E-state index is 12.1. The molecule has 0 bridgehead atoms. The van der Waals surface area contributed by atoms with Gasteiger partial charge in [0.2, 0.25) is 10.0 Å². The first-order chi connectivity index (χ1) is 9.44. The van der Waals surface area contributed by atoms with Crippen LogP contribution in [0.15, 0.2) is 0 Å². The van der Waals surface area contributed by atoms with Crippen LogP contribution in [0.2, 0.25) is 0 Å². The summed E-state index contributed by atoms with van der Waals surface area (Å²) in [6.45, 7) is 5.40. The van der Waals surface area contributed by atoms with Crippen LogP contribution in [0.5, 0.6) is 0 Å². The molecule has 2 saturated carbocycles. The topological polar surface area (TPSA) is 58.2 Å². The van der Waals surface area contributed by atoms with Gasteiger partial charge in [0.25, 0.3) is 0 Å². The van der Waals surface area contributed by atoms with Crippen molar-refractivity contribution in [1.82, 2.24) is 10.0 Å². The molecule has 20 heavy (non-hydrogen) atoms. The Morgan fingerprint density at radius 1 is 0.950 bits per heavy atom. The van der Waals surface area contributed by atoms with E-state index in [1.54, 1.807) is 0 Å². The van der Waals surface area contributed by atoms with E-state index in [9.17, 15) is 8.42 Å². The third kappa shape index (κ3) is 6.10. The molecule has 0 radical (unpaired) electrons. The molecule has 0 aliphatic heterocycles. The molecule has 0 aromatic rings. The Balaban J connectivity index is 1.64. The Morgan fingerprint density at radius 3 is 2.20 bits per heavy atom. The lowest BCUT2D eigenvalue weighted by Gasteiger charge is -2.31. The van der Waals surface area contributed by atoms with E-state index in [-0.39, 0.29) is 11.8 Å². The molecule has 2 aliphatic carbocycles. The van der Waals surface area contributed by atoms with Gasteiger partial charge in [-0.1, -0.05) is 13.8 Å². The summed E-state index contributed by atoms with van der Waals surface area (Å²) in [6.07, 6.45) is 7.50. The minimum Gasteiger partial charge on any atom is -0.314 e. The van der Waals surface area contributed by atoms with Gasteiger partial charge in [0.15, 0.2) is 0 Å². The highest BCUT2D eigenvalue weighted by Gasteiger charge is 2.27. The van der Waals surface area contributed by atoms with E-state index in [0.717, 1.165) is 38.3 Å². The highest BCUT2D eigenvalue weighted by molar-refractivity contribution is 7.89. The van der Waals surface area contributed by atoms with Gasteiger partial charge in [-0.25, -0.2) is 13.1 Å². The smallest absolute Gasteiger partial charge is 0.211 e. The van der Waals surface area contributed by atoms with Crippen molar-refractivity contribution in [3.05, 3.63) is 0 Å². The van der Waals surface area contributed by atoms with Gasteiger partial charge < -0.3 is 5.32 Å². The highest BCUT2D eigenvalue weighted by Crippen LogP contribution is 2.28. The maximum Gasteiger partial charge on any atom is 0.211 e. The molecule has 118 valence electrons. The van der Waals surface area contributed by atoms with Gasteiger partial charge in [0.05, 0.1) is 5.75 Å². The highest BCUT2D eigenvalue weighted by atomic mass is 32.2. The quantitative estimate of drug-likeness (QED) is 0.676. The second-order valence-corrected chi connectivity index (χ2v) is 8.86. The Labute approximate surface area is 124 Å². The van der Waals surface area contributed by atoms with Crippen LogP contribution in [0.1, 0.15) is 58.8 Å². The summed E-state index contributed by atoms with van der Waals surface area (Å²) in [4.78, 5) is 0. The fourth-order valence-electron chi connectivity index (χ4n) is 3.37. The molecule has 2 fully saturated rings. The van der Waals surface area contributed by atoms with Crippen LogP contribution < -0.4 is 10.0 Å². The largest absolute Gasteiger partial charge is 0.314 e. The molecule has 2 aliphatic rings. The minimum atomic E-state index is -3.09. The average molecular weight is 302 g/mol. The molecule has 2 rings (SSSR count). The van der Waals surface area contributed by atoms with Crippen molar-refractivity contribution >= 4 is 10.0 Å². The number of hydrogen-bond donors (Lipinski definition) is 2. The van der Waals surface area contributed by atoms with Crippen molar-refractivity contribution in [2.45, 2.75) is 70.9 Å². The molecule has 4 nitrogen and oxygen atoms in total. The van der Waals surface area contributed by atoms with E-state index in [0.29, 0.717) is 11.8 Å². The Kier molecular flexibility index (Phi) is 5.87. The van der Waals surface area contributed by atoms with Crippen molar-refractivity contribution in [2.75, 3.05) is 12.3 Å². The van der Waals surface area contributed by atoms with Crippen molar-refractivity contribution < 1.29 is 8.42 Å². The van der Waals surface area contributed by atoms with Crippen molar-refractivity contribution in [3.63, 3.8) is 0 Å². The fourth-order valence-corrected chi connectivity index (χ4v) is 4.77. The fraction of sp³-hybridized carbons (Fsp3) is 1.00. The van der Waals surface area contributed by atoms with Crippen LogP contribution in [-0.2, 0) is 10.0 Å². The maximum absolute atomic E-state index is 12.1. The zero-order valence-corrected chi connectivity index (χ0v) is 13.7. The molecule has 0 aromatic carbocycles. The van der Waals surface area contributed by atoms with Crippen LogP contribution in [0.25, 0.3) is 0 Å². The standard InChI is InChI=1S/C15H30N2O2S/c1-12-9-13(2)11-15(10-12)17-20(18,19)8-4-3-7-16-14-5-6-14/h12-17H,3-11H2,1-2H3. The van der Waals surface area contributed by atoms with Crippen LogP contribution in [0.3, 0.4) is 0 Å². The van der Waals surface area contributed by atoms with Crippen LogP contribution in [0.4, 0.5) is 0 Å². The van der Waals surface area contributed by atoms with E-state index in [4.69, 9.17) is 0 Å². The van der Waals surface area contributed by atoms with Gasteiger partial charge in [-0.3, -0.25) is 0 Å². The van der Waals surface area contributed by atoms with Crippen LogP contribution in [0, 0.1) is 11.8 Å². The first-order valence-corrected chi connectivity index (χ1v) is 9.83. The van der Waals surface area contributed by atoms with E-state index < -0.39 is 10.0 Å². The van der Waals surface area contributed by atoms with Gasteiger partial charge in [-0.15, -0.1) is 0 Å². The first kappa shape index (κ1) is 16.2. The molecule has 0 heterocycles. The molecule has 0 amide bonds. The minimum absolute atomic E-state index is 0.156. The Morgan fingerprint density at radius 2 is 1.60 bits per heavy atom. The molecular weight excluding hydrogens is 272 g/mol. The predicted molar refractivity (Wildman–Crippen MR) is 83.1 cm³/mol. The Bertz CT molecular complexity index is 383. The van der Waals surface area contributed by atoms with E-state index in [1.165, 1.54) is 19.3 Å². The van der Waals surface area contributed by atoms with E-state index >= 15 is 0 Å². The number of sulfonamides is 1. The summed E-state index contributed by atoms with van der Waals surface area (Å²) in [5.41, 5.74) is 0. The van der Waals surface area contributed by atoms with Crippen molar-refractivity contribution in [3.8, 4) is 0 Å². The zero-order valence-electron chi connectivity index (χ0n) is 12.9. The van der Waals surface area contributed by atoms with Crippen molar-refractivity contribution in [2.24, 2.45) is 11.8 Å². The van der Waals surface area contributed by atoms with Gasteiger partial charge in [0, 0.05) is 12.1 Å². The van der Waals surface area contributed by atoms with E-state index in [1.807, 2.05) is 0 Å². The second-order valence-electron chi connectivity index (χ2n) is 6.99. The third-order valence-corrected chi connectivity index (χ3v) is 5.89. The lowest BCUT2D eigenvalue weighted by molar-refractivity contribution is 0.257. The summed E-state index contributed by atoms with van der Waals surface area (Å²) >= 11 is 0. The molecule has 2 atom stereocenters. The lowest BCUT2D eigenvalue weighted by atomic mass is 9.81. The summed E-state index contributed by atoms with van der Waals surface area (Å²) in [6, 6.07) is 0.873.